The highest BCUT2D eigenvalue weighted by molar-refractivity contribution is 5.94. The van der Waals surface area contributed by atoms with Crippen LogP contribution in [0.5, 0.6) is 5.75 Å². The Kier molecular flexibility index (Phi) is 3.49. The Labute approximate surface area is 143 Å². The first-order chi connectivity index (χ1) is 12.0. The van der Waals surface area contributed by atoms with Crippen LogP contribution in [0, 0.1) is 12.7 Å². The van der Waals surface area contributed by atoms with Gasteiger partial charge in [-0.15, -0.1) is 0 Å². The fraction of sp³-hybridized carbons (Fsp3) is 0.167. The maximum absolute atomic E-state index is 13.3. The lowest BCUT2D eigenvalue weighted by atomic mass is 10.0. The quantitative estimate of drug-likeness (QED) is 0.780. The number of carbonyl (C=O) groups is 1. The molecule has 0 atom stereocenters. The van der Waals surface area contributed by atoms with Crippen molar-refractivity contribution in [2.75, 3.05) is 11.9 Å². The molecule has 3 aromatic rings. The van der Waals surface area contributed by atoms with Gasteiger partial charge in [0.25, 0.3) is 5.91 Å². The van der Waals surface area contributed by atoms with E-state index in [1.165, 1.54) is 12.1 Å². The fourth-order valence-electron chi connectivity index (χ4n) is 3.01. The minimum atomic E-state index is -0.293. The smallest absolute Gasteiger partial charge is 0.263 e. The fourth-order valence-corrected chi connectivity index (χ4v) is 3.01. The highest BCUT2D eigenvalue weighted by atomic mass is 19.1. The van der Waals surface area contributed by atoms with E-state index in [1.54, 1.807) is 22.9 Å². The molecule has 7 heteroatoms. The summed E-state index contributed by atoms with van der Waals surface area (Å²) in [4.78, 5) is 16.1. The number of benzene rings is 1. The predicted octanol–water partition coefficient (Wildman–Crippen LogP) is 2.93. The van der Waals surface area contributed by atoms with Gasteiger partial charge in [0.15, 0.2) is 18.2 Å². The van der Waals surface area contributed by atoms with Crippen LogP contribution in [0.4, 0.5) is 10.2 Å². The second-order valence-corrected chi connectivity index (χ2v) is 5.82. The summed E-state index contributed by atoms with van der Waals surface area (Å²) in [5.74, 6) is 0.388. The first-order valence-corrected chi connectivity index (χ1v) is 7.76. The van der Waals surface area contributed by atoms with Crippen molar-refractivity contribution in [1.82, 2.24) is 14.8 Å². The number of anilines is 1. The summed E-state index contributed by atoms with van der Waals surface area (Å²) in [7, 11) is 1.82. The Morgan fingerprint density at radius 1 is 1.20 bits per heavy atom. The minimum Gasteiger partial charge on any atom is -0.480 e. The molecule has 0 unspecified atom stereocenters. The van der Waals surface area contributed by atoms with Crippen LogP contribution in [-0.2, 0) is 11.8 Å². The maximum atomic E-state index is 13.3. The zero-order valence-electron chi connectivity index (χ0n) is 13.7. The number of nitrogens with zero attached hydrogens (tertiary/aromatic N) is 3. The van der Waals surface area contributed by atoms with E-state index in [0.717, 1.165) is 22.5 Å². The molecule has 1 N–H and O–H groups in total. The Hall–Kier alpha value is -3.22. The molecule has 1 aliphatic rings. The summed E-state index contributed by atoms with van der Waals surface area (Å²) in [5, 5.41) is 7.19. The Morgan fingerprint density at radius 2 is 1.96 bits per heavy atom. The third kappa shape index (κ3) is 2.63. The van der Waals surface area contributed by atoms with E-state index in [-0.39, 0.29) is 18.3 Å². The van der Waals surface area contributed by atoms with Gasteiger partial charge in [-0.1, -0.05) is 12.1 Å². The lowest BCUT2D eigenvalue weighted by molar-refractivity contribution is -0.118. The largest absolute Gasteiger partial charge is 0.480 e. The Bertz CT molecular complexity index is 979. The van der Waals surface area contributed by atoms with Crippen molar-refractivity contribution < 1.29 is 13.9 Å². The van der Waals surface area contributed by atoms with Crippen molar-refractivity contribution in [3.8, 4) is 28.3 Å². The van der Waals surface area contributed by atoms with Crippen LogP contribution in [0.25, 0.3) is 22.5 Å². The molecule has 1 aromatic carbocycles. The SMILES string of the molecule is Cc1nn(C)c(-c2ccc3c(n2)NC(=O)CO3)c1-c1ccc(F)cc1. The van der Waals surface area contributed by atoms with E-state index >= 15 is 0 Å². The van der Waals surface area contributed by atoms with Crippen LogP contribution in [0.2, 0.25) is 0 Å². The molecule has 0 fully saturated rings. The summed E-state index contributed by atoms with van der Waals surface area (Å²) in [6.45, 7) is 1.88. The number of amides is 1. The highest BCUT2D eigenvalue weighted by Crippen LogP contribution is 2.36. The van der Waals surface area contributed by atoms with Crippen molar-refractivity contribution in [2.45, 2.75) is 6.92 Å². The number of carbonyl (C=O) groups excluding carboxylic acids is 1. The molecule has 3 heterocycles. The standard InChI is InChI=1S/C18H15FN4O2/c1-10-16(11-3-5-12(19)6-4-11)17(23(2)22-10)13-7-8-14-18(20-13)21-15(24)9-25-14/h3-8H,9H2,1-2H3,(H,20,21,24). The lowest BCUT2D eigenvalue weighted by Gasteiger charge is -2.17. The zero-order chi connectivity index (χ0) is 17.6. The van der Waals surface area contributed by atoms with E-state index in [0.29, 0.717) is 17.3 Å². The molecule has 1 aliphatic heterocycles. The normalized spacial score (nSPS) is 13.2. The van der Waals surface area contributed by atoms with Crippen LogP contribution < -0.4 is 10.1 Å². The van der Waals surface area contributed by atoms with Crippen LogP contribution in [-0.4, -0.2) is 27.3 Å². The van der Waals surface area contributed by atoms with Crippen molar-refractivity contribution in [1.29, 1.82) is 0 Å². The predicted molar refractivity (Wildman–Crippen MR) is 90.7 cm³/mol. The van der Waals surface area contributed by atoms with Gasteiger partial charge in [-0.05, 0) is 36.8 Å². The number of aryl methyl sites for hydroxylation is 2. The van der Waals surface area contributed by atoms with Gasteiger partial charge in [-0.25, -0.2) is 9.37 Å². The summed E-state index contributed by atoms with van der Waals surface area (Å²) in [6, 6.07) is 9.85. The summed E-state index contributed by atoms with van der Waals surface area (Å²) >= 11 is 0. The van der Waals surface area contributed by atoms with Gasteiger partial charge >= 0.3 is 0 Å². The molecule has 1 amide bonds. The average molecular weight is 338 g/mol. The second-order valence-electron chi connectivity index (χ2n) is 5.82. The summed E-state index contributed by atoms with van der Waals surface area (Å²) in [6.07, 6.45) is 0. The van der Waals surface area contributed by atoms with E-state index in [2.05, 4.69) is 15.4 Å². The molecule has 2 aromatic heterocycles. The van der Waals surface area contributed by atoms with Crippen LogP contribution in [0.3, 0.4) is 0 Å². The van der Waals surface area contributed by atoms with E-state index in [9.17, 15) is 9.18 Å². The number of nitrogens with one attached hydrogen (secondary N) is 1. The first kappa shape index (κ1) is 15.3. The number of halogens is 1. The zero-order valence-corrected chi connectivity index (χ0v) is 13.7. The molecule has 0 saturated carbocycles. The summed E-state index contributed by atoms with van der Waals surface area (Å²) in [5.41, 5.74) is 3.96. The number of ether oxygens (including phenoxy) is 1. The van der Waals surface area contributed by atoms with Crippen LogP contribution in [0.15, 0.2) is 36.4 Å². The van der Waals surface area contributed by atoms with Gasteiger partial charge < -0.3 is 10.1 Å². The van der Waals surface area contributed by atoms with Gasteiger partial charge in [0.1, 0.15) is 5.82 Å². The molecule has 25 heavy (non-hydrogen) atoms. The monoisotopic (exact) mass is 338 g/mol. The molecule has 4 rings (SSSR count). The number of hydrogen-bond acceptors (Lipinski definition) is 4. The number of pyridine rings is 1. The van der Waals surface area contributed by atoms with Gasteiger partial charge in [-0.2, -0.15) is 5.10 Å². The molecule has 126 valence electrons. The minimum absolute atomic E-state index is 0.0142. The molecular weight excluding hydrogens is 323 g/mol. The van der Waals surface area contributed by atoms with Gasteiger partial charge in [0.2, 0.25) is 0 Å². The Balaban J connectivity index is 1.87. The van der Waals surface area contributed by atoms with Crippen molar-refractivity contribution >= 4 is 11.7 Å². The molecule has 0 radical (unpaired) electrons. The van der Waals surface area contributed by atoms with Crippen LogP contribution >= 0.6 is 0 Å². The molecule has 0 spiro atoms. The van der Waals surface area contributed by atoms with Crippen molar-refractivity contribution in [3.05, 3.63) is 47.9 Å². The third-order valence-corrected chi connectivity index (χ3v) is 4.07. The van der Waals surface area contributed by atoms with E-state index < -0.39 is 0 Å². The first-order valence-electron chi connectivity index (χ1n) is 7.76. The number of rotatable bonds is 2. The van der Waals surface area contributed by atoms with Gasteiger partial charge in [0, 0.05) is 12.6 Å². The van der Waals surface area contributed by atoms with Gasteiger partial charge in [-0.3, -0.25) is 9.48 Å². The Morgan fingerprint density at radius 3 is 2.72 bits per heavy atom. The van der Waals surface area contributed by atoms with Gasteiger partial charge in [0.05, 0.1) is 17.1 Å². The van der Waals surface area contributed by atoms with Crippen molar-refractivity contribution in [3.63, 3.8) is 0 Å². The van der Waals surface area contributed by atoms with Crippen molar-refractivity contribution in [2.24, 2.45) is 7.05 Å². The lowest BCUT2D eigenvalue weighted by Crippen LogP contribution is -2.26. The molecule has 6 nitrogen and oxygen atoms in total. The number of aromatic nitrogens is 3. The molecular formula is C18H15FN4O2. The molecule has 0 saturated heterocycles. The van der Waals surface area contributed by atoms with E-state index in [1.807, 2.05) is 20.0 Å². The third-order valence-electron chi connectivity index (χ3n) is 4.07. The molecule has 0 bridgehead atoms. The summed E-state index contributed by atoms with van der Waals surface area (Å²) < 4.78 is 20.4. The molecule has 0 aliphatic carbocycles. The van der Waals surface area contributed by atoms with E-state index in [4.69, 9.17) is 4.74 Å². The maximum Gasteiger partial charge on any atom is 0.263 e. The topological polar surface area (TPSA) is 69.0 Å². The highest BCUT2D eigenvalue weighted by Gasteiger charge is 2.22. The second kappa shape index (κ2) is 5.70. The van der Waals surface area contributed by atoms with Crippen LogP contribution in [0.1, 0.15) is 5.69 Å². The number of hydrogen-bond donors (Lipinski definition) is 1. The average Bonchev–Trinajstić information content (AvgIpc) is 2.89. The number of fused-ring (bicyclic) bond motifs is 1.